The molecular weight excluding hydrogens is 414 g/mol. The van der Waals surface area contributed by atoms with E-state index in [2.05, 4.69) is 31.2 Å². The molecule has 0 unspecified atom stereocenters. The Kier molecular flexibility index (Phi) is 5.94. The van der Waals surface area contributed by atoms with Gasteiger partial charge in [-0.25, -0.2) is 9.97 Å². The number of fused-ring (bicyclic) bond motifs is 1. The number of nitrogens with one attached hydrogen (secondary N) is 1. The van der Waals surface area contributed by atoms with Crippen LogP contribution in [0.15, 0.2) is 48.8 Å². The van der Waals surface area contributed by atoms with Crippen molar-refractivity contribution in [2.45, 2.75) is 39.2 Å². The SMILES string of the molecule is Cc1cnc(C)c(-c2ccc3c(c2)C[C@@H](CNC(=O)[C@@H]2CCCN(c4ccccn4)C2)O3)n1. The Bertz CT molecular complexity index is 1150. The molecule has 4 heterocycles. The van der Waals surface area contributed by atoms with Gasteiger partial charge >= 0.3 is 0 Å². The number of benzene rings is 1. The molecule has 33 heavy (non-hydrogen) atoms. The van der Waals surface area contributed by atoms with Crippen LogP contribution in [0.25, 0.3) is 11.3 Å². The molecule has 0 radical (unpaired) electrons. The zero-order valence-corrected chi connectivity index (χ0v) is 19.1. The van der Waals surface area contributed by atoms with Gasteiger partial charge in [-0.05, 0) is 62.6 Å². The van der Waals surface area contributed by atoms with Crippen LogP contribution in [-0.2, 0) is 11.2 Å². The van der Waals surface area contributed by atoms with Crippen molar-refractivity contribution in [1.29, 1.82) is 0 Å². The highest BCUT2D eigenvalue weighted by Crippen LogP contribution is 2.33. The normalized spacial score (nSPS) is 19.6. The van der Waals surface area contributed by atoms with Crippen LogP contribution in [0.3, 0.4) is 0 Å². The molecule has 2 atom stereocenters. The second-order valence-electron chi connectivity index (χ2n) is 8.93. The van der Waals surface area contributed by atoms with Crippen molar-refractivity contribution in [1.82, 2.24) is 20.3 Å². The summed E-state index contributed by atoms with van der Waals surface area (Å²) in [4.78, 5) is 28.6. The molecule has 1 saturated heterocycles. The maximum absolute atomic E-state index is 12.9. The minimum atomic E-state index is -0.0561. The van der Waals surface area contributed by atoms with Gasteiger partial charge in [0.1, 0.15) is 17.7 Å². The largest absolute Gasteiger partial charge is 0.488 e. The first-order valence-electron chi connectivity index (χ1n) is 11.6. The molecule has 7 heteroatoms. The maximum atomic E-state index is 12.9. The van der Waals surface area contributed by atoms with Crippen molar-refractivity contribution >= 4 is 11.7 Å². The molecule has 3 aromatic rings. The van der Waals surface area contributed by atoms with E-state index in [9.17, 15) is 4.79 Å². The quantitative estimate of drug-likeness (QED) is 0.650. The number of carbonyl (C=O) groups excluding carboxylic acids is 1. The molecule has 0 spiro atoms. The zero-order valence-electron chi connectivity index (χ0n) is 19.1. The summed E-state index contributed by atoms with van der Waals surface area (Å²) < 4.78 is 6.11. The highest BCUT2D eigenvalue weighted by Gasteiger charge is 2.29. The lowest BCUT2D eigenvalue weighted by Gasteiger charge is -2.33. The number of carbonyl (C=O) groups is 1. The second kappa shape index (κ2) is 9.17. The van der Waals surface area contributed by atoms with Crippen molar-refractivity contribution < 1.29 is 9.53 Å². The number of ether oxygens (including phenoxy) is 1. The third-order valence-electron chi connectivity index (χ3n) is 6.42. The van der Waals surface area contributed by atoms with E-state index in [0.29, 0.717) is 13.1 Å². The van der Waals surface area contributed by atoms with Crippen molar-refractivity contribution in [3.05, 3.63) is 65.7 Å². The van der Waals surface area contributed by atoms with Gasteiger partial charge < -0.3 is 15.0 Å². The van der Waals surface area contributed by atoms with E-state index >= 15 is 0 Å². The van der Waals surface area contributed by atoms with Gasteiger partial charge in [-0.1, -0.05) is 6.07 Å². The van der Waals surface area contributed by atoms with Gasteiger partial charge in [-0.2, -0.15) is 0 Å². The molecule has 1 amide bonds. The van der Waals surface area contributed by atoms with Gasteiger partial charge in [-0.3, -0.25) is 9.78 Å². The van der Waals surface area contributed by atoms with Crippen LogP contribution in [-0.4, -0.2) is 46.6 Å². The molecule has 1 fully saturated rings. The lowest BCUT2D eigenvalue weighted by molar-refractivity contribution is -0.125. The highest BCUT2D eigenvalue weighted by atomic mass is 16.5. The van der Waals surface area contributed by atoms with Crippen LogP contribution in [0.5, 0.6) is 5.75 Å². The lowest BCUT2D eigenvalue weighted by atomic mass is 9.97. The lowest BCUT2D eigenvalue weighted by Crippen LogP contribution is -2.45. The van der Waals surface area contributed by atoms with E-state index in [4.69, 9.17) is 4.74 Å². The second-order valence-corrected chi connectivity index (χ2v) is 8.93. The monoisotopic (exact) mass is 443 g/mol. The van der Waals surface area contributed by atoms with Crippen LogP contribution < -0.4 is 15.0 Å². The number of nitrogens with zero attached hydrogens (tertiary/aromatic N) is 4. The Labute approximate surface area is 194 Å². The van der Waals surface area contributed by atoms with Crippen LogP contribution in [0.4, 0.5) is 5.82 Å². The smallest absolute Gasteiger partial charge is 0.225 e. The van der Waals surface area contributed by atoms with Crippen molar-refractivity contribution in [3.8, 4) is 17.0 Å². The molecule has 1 N–H and O–H groups in total. The van der Waals surface area contributed by atoms with Crippen molar-refractivity contribution in [3.63, 3.8) is 0 Å². The predicted octanol–water partition coefficient (Wildman–Crippen LogP) is 3.49. The third kappa shape index (κ3) is 4.67. The fourth-order valence-electron chi connectivity index (χ4n) is 4.69. The Hall–Kier alpha value is -3.48. The summed E-state index contributed by atoms with van der Waals surface area (Å²) in [5.41, 5.74) is 4.91. The number of aryl methyl sites for hydroxylation is 2. The van der Waals surface area contributed by atoms with Gasteiger partial charge in [-0.15, -0.1) is 0 Å². The molecule has 1 aromatic carbocycles. The van der Waals surface area contributed by atoms with Crippen LogP contribution in [0, 0.1) is 19.8 Å². The maximum Gasteiger partial charge on any atom is 0.225 e. The van der Waals surface area contributed by atoms with Gasteiger partial charge in [0, 0.05) is 37.5 Å². The first-order valence-corrected chi connectivity index (χ1v) is 11.6. The molecule has 7 nitrogen and oxygen atoms in total. The Balaban J connectivity index is 1.18. The van der Waals surface area contributed by atoms with Crippen LogP contribution >= 0.6 is 0 Å². The van der Waals surface area contributed by atoms with Crippen LogP contribution in [0.1, 0.15) is 29.8 Å². The molecule has 0 aliphatic carbocycles. The standard InChI is InChI=1S/C26H29N5O2/c1-17-14-28-18(2)25(30-17)19-8-9-23-21(12-19)13-22(33-23)15-29-26(32)20-6-5-11-31(16-20)24-7-3-4-10-27-24/h3-4,7-10,12,14,20,22H,5-6,11,13,15-16H2,1-2H3,(H,29,32)/t20-,22+/m1/s1. The zero-order chi connectivity index (χ0) is 22.8. The average Bonchev–Trinajstić information content (AvgIpc) is 3.27. The number of hydrogen-bond donors (Lipinski definition) is 1. The number of anilines is 1. The number of hydrogen-bond acceptors (Lipinski definition) is 6. The summed E-state index contributed by atoms with van der Waals surface area (Å²) in [6.07, 6.45) is 6.19. The summed E-state index contributed by atoms with van der Waals surface area (Å²) >= 11 is 0. The van der Waals surface area contributed by atoms with E-state index < -0.39 is 0 Å². The summed E-state index contributed by atoms with van der Waals surface area (Å²) in [6, 6.07) is 12.1. The Morgan fingerprint density at radius 1 is 1.21 bits per heavy atom. The fourth-order valence-corrected chi connectivity index (χ4v) is 4.69. The first-order chi connectivity index (χ1) is 16.1. The minimum absolute atomic E-state index is 0.0287. The summed E-state index contributed by atoms with van der Waals surface area (Å²) in [5, 5.41) is 3.13. The number of amides is 1. The molecular formula is C26H29N5O2. The molecule has 0 bridgehead atoms. The highest BCUT2D eigenvalue weighted by molar-refractivity contribution is 5.79. The van der Waals surface area contributed by atoms with E-state index in [-0.39, 0.29) is 17.9 Å². The summed E-state index contributed by atoms with van der Waals surface area (Å²) in [7, 11) is 0. The number of piperidine rings is 1. The number of pyridine rings is 1. The van der Waals surface area contributed by atoms with Gasteiger partial charge in [0.2, 0.25) is 5.91 Å². The van der Waals surface area contributed by atoms with Crippen molar-refractivity contribution in [2.24, 2.45) is 5.92 Å². The number of aromatic nitrogens is 3. The van der Waals surface area contributed by atoms with Crippen LogP contribution in [0.2, 0.25) is 0 Å². The van der Waals surface area contributed by atoms with Crippen molar-refractivity contribution in [2.75, 3.05) is 24.5 Å². The Morgan fingerprint density at radius 2 is 2.12 bits per heavy atom. The van der Waals surface area contributed by atoms with Gasteiger partial charge in [0.15, 0.2) is 0 Å². The predicted molar refractivity (Wildman–Crippen MR) is 127 cm³/mol. The number of rotatable bonds is 5. The minimum Gasteiger partial charge on any atom is -0.488 e. The first kappa shape index (κ1) is 21.4. The van der Waals surface area contributed by atoms with E-state index in [1.54, 1.807) is 12.4 Å². The topological polar surface area (TPSA) is 80.2 Å². The molecule has 2 aliphatic rings. The summed E-state index contributed by atoms with van der Waals surface area (Å²) in [5.74, 6) is 1.89. The van der Waals surface area contributed by atoms with Gasteiger partial charge in [0.05, 0.1) is 29.5 Å². The molecule has 0 saturated carbocycles. The Morgan fingerprint density at radius 3 is 2.97 bits per heavy atom. The molecule has 2 aromatic heterocycles. The third-order valence-corrected chi connectivity index (χ3v) is 6.42. The molecule has 5 rings (SSSR count). The van der Waals surface area contributed by atoms with E-state index in [1.807, 2.05) is 44.2 Å². The van der Waals surface area contributed by atoms with E-state index in [0.717, 1.165) is 65.6 Å². The average molecular weight is 444 g/mol. The van der Waals surface area contributed by atoms with Gasteiger partial charge in [0.25, 0.3) is 0 Å². The molecule has 170 valence electrons. The van der Waals surface area contributed by atoms with E-state index in [1.165, 1.54) is 0 Å². The summed E-state index contributed by atoms with van der Waals surface area (Å²) in [6.45, 7) is 6.08. The molecule has 2 aliphatic heterocycles. The fraction of sp³-hybridized carbons (Fsp3) is 0.385.